The van der Waals surface area contributed by atoms with Crippen molar-refractivity contribution in [1.82, 2.24) is 10.4 Å². The van der Waals surface area contributed by atoms with Crippen molar-refractivity contribution in [3.63, 3.8) is 0 Å². The number of hydrogen-bond donors (Lipinski definition) is 1. The Kier molecular flexibility index (Phi) is 12.0. The molecular formula is C30H36F2N4O6S. The summed E-state index contributed by atoms with van der Waals surface area (Å²) in [7, 11) is 4.99. The number of carbonyl (C=O) groups is 3. The molecule has 43 heavy (non-hydrogen) atoms. The standard InChI is InChI=1S/C30H36F2N4O6S/c1-7-35(29(38)33-40-6)20-15-13-19(14-16-20)26-22(17-34(4)5)25(28(37)41-8-2)27(43-26)36(30(39)42-9-3)18-21-23(31)11-10-12-24(21)32/h10-16H,7-9,17-18H2,1-6H3,(H,33,38). The lowest BCUT2D eigenvalue weighted by molar-refractivity contribution is 0.0526. The van der Waals surface area contributed by atoms with Crippen molar-refractivity contribution in [3.8, 4) is 10.4 Å². The molecule has 0 radical (unpaired) electrons. The molecule has 10 nitrogen and oxygen atoms in total. The predicted molar refractivity (Wildman–Crippen MR) is 161 cm³/mol. The highest BCUT2D eigenvalue weighted by Gasteiger charge is 2.33. The van der Waals surface area contributed by atoms with Crippen LogP contribution in [0.15, 0.2) is 42.5 Å². The van der Waals surface area contributed by atoms with E-state index in [9.17, 15) is 23.2 Å². The molecule has 0 bridgehead atoms. The van der Waals surface area contributed by atoms with Crippen LogP contribution < -0.4 is 15.3 Å². The second-order valence-corrected chi connectivity index (χ2v) is 10.4. The first kappa shape index (κ1) is 33.4. The lowest BCUT2D eigenvalue weighted by Gasteiger charge is -2.22. The first-order valence-corrected chi connectivity index (χ1v) is 14.4. The van der Waals surface area contributed by atoms with Gasteiger partial charge in [-0.1, -0.05) is 18.2 Å². The molecule has 0 saturated carbocycles. The van der Waals surface area contributed by atoms with Crippen LogP contribution in [0, 0.1) is 11.6 Å². The fourth-order valence-corrected chi connectivity index (χ4v) is 5.69. The van der Waals surface area contributed by atoms with Crippen molar-refractivity contribution in [3.05, 3.63) is 70.8 Å². The Morgan fingerprint density at radius 1 is 0.860 bits per heavy atom. The number of carbonyl (C=O) groups excluding carboxylic acids is 3. The van der Waals surface area contributed by atoms with Crippen LogP contribution in [0.4, 0.5) is 29.1 Å². The Balaban J connectivity index is 2.25. The minimum absolute atomic E-state index is 0.00134. The third-order valence-corrected chi connectivity index (χ3v) is 7.55. The average molecular weight is 619 g/mol. The number of nitrogens with one attached hydrogen (secondary N) is 1. The summed E-state index contributed by atoms with van der Waals surface area (Å²) in [4.78, 5) is 49.0. The molecule has 3 aromatic rings. The maximum atomic E-state index is 14.8. The highest BCUT2D eigenvalue weighted by Crippen LogP contribution is 2.44. The van der Waals surface area contributed by atoms with Gasteiger partial charge in [0.15, 0.2) is 0 Å². The van der Waals surface area contributed by atoms with Gasteiger partial charge in [-0.3, -0.25) is 14.6 Å². The molecule has 0 spiro atoms. The normalized spacial score (nSPS) is 10.9. The van der Waals surface area contributed by atoms with E-state index < -0.39 is 36.3 Å². The second-order valence-electron chi connectivity index (χ2n) is 9.44. The summed E-state index contributed by atoms with van der Waals surface area (Å²) in [5.74, 6) is -2.37. The molecule has 0 aliphatic rings. The van der Waals surface area contributed by atoms with Crippen molar-refractivity contribution in [2.24, 2.45) is 0 Å². The Hall–Kier alpha value is -4.07. The molecule has 2 aromatic carbocycles. The molecule has 0 atom stereocenters. The van der Waals surface area contributed by atoms with Crippen LogP contribution in [0.1, 0.15) is 42.3 Å². The van der Waals surface area contributed by atoms with Crippen molar-refractivity contribution in [1.29, 1.82) is 0 Å². The van der Waals surface area contributed by atoms with Gasteiger partial charge in [0.05, 0.1) is 32.4 Å². The van der Waals surface area contributed by atoms with Crippen LogP contribution in [-0.4, -0.2) is 64.0 Å². The van der Waals surface area contributed by atoms with Crippen LogP contribution in [0.25, 0.3) is 10.4 Å². The number of hydroxylamine groups is 1. The Bertz CT molecular complexity index is 1410. The number of anilines is 2. The number of nitrogens with zero attached hydrogens (tertiary/aromatic N) is 3. The van der Waals surface area contributed by atoms with Crippen LogP contribution in [0.2, 0.25) is 0 Å². The first-order valence-electron chi connectivity index (χ1n) is 13.6. The number of ether oxygens (including phenoxy) is 2. The molecule has 232 valence electrons. The minimum atomic E-state index is -0.877. The van der Waals surface area contributed by atoms with E-state index in [1.807, 2.05) is 25.9 Å². The van der Waals surface area contributed by atoms with E-state index in [0.29, 0.717) is 28.2 Å². The SMILES string of the molecule is CCOC(=O)c1c(N(Cc2c(F)cccc2F)C(=O)OCC)sc(-c2ccc(N(CC)C(=O)NOC)cc2)c1CN(C)C. The summed E-state index contributed by atoms with van der Waals surface area (Å²) in [6, 6.07) is 10.0. The highest BCUT2D eigenvalue weighted by molar-refractivity contribution is 7.20. The molecule has 13 heteroatoms. The summed E-state index contributed by atoms with van der Waals surface area (Å²) in [5.41, 5.74) is 3.88. The lowest BCUT2D eigenvalue weighted by atomic mass is 10.0. The summed E-state index contributed by atoms with van der Waals surface area (Å²) >= 11 is 1.10. The molecule has 3 rings (SSSR count). The lowest BCUT2D eigenvalue weighted by Crippen LogP contribution is -2.39. The molecule has 0 saturated heterocycles. The van der Waals surface area contributed by atoms with Crippen molar-refractivity contribution in [2.45, 2.75) is 33.9 Å². The molecule has 1 aromatic heterocycles. The quantitative estimate of drug-likeness (QED) is 0.191. The van der Waals surface area contributed by atoms with Crippen LogP contribution in [-0.2, 0) is 27.4 Å². The fourth-order valence-electron chi connectivity index (χ4n) is 4.40. The number of amides is 3. The monoisotopic (exact) mass is 618 g/mol. The van der Waals surface area contributed by atoms with Gasteiger partial charge in [0.2, 0.25) is 0 Å². The van der Waals surface area contributed by atoms with Gasteiger partial charge in [0.1, 0.15) is 16.6 Å². The molecule has 1 heterocycles. The smallest absolute Gasteiger partial charge is 0.415 e. The van der Waals surface area contributed by atoms with Gasteiger partial charge in [0, 0.05) is 34.8 Å². The van der Waals surface area contributed by atoms with E-state index in [0.717, 1.165) is 28.4 Å². The van der Waals surface area contributed by atoms with Gasteiger partial charge >= 0.3 is 18.1 Å². The van der Waals surface area contributed by atoms with E-state index in [2.05, 4.69) is 5.48 Å². The summed E-state index contributed by atoms with van der Waals surface area (Å²) in [6.45, 7) is 5.28. The summed E-state index contributed by atoms with van der Waals surface area (Å²) in [5, 5.41) is 0.130. The first-order chi connectivity index (χ1) is 20.6. The number of thiophene rings is 1. The molecule has 0 aliphatic heterocycles. The number of halogens is 2. The average Bonchev–Trinajstić information content (AvgIpc) is 3.32. The van der Waals surface area contributed by atoms with Gasteiger partial charge in [0.25, 0.3) is 0 Å². The van der Waals surface area contributed by atoms with Crippen LogP contribution >= 0.6 is 11.3 Å². The number of benzene rings is 2. The van der Waals surface area contributed by atoms with Gasteiger partial charge in [-0.2, -0.15) is 0 Å². The van der Waals surface area contributed by atoms with E-state index >= 15 is 0 Å². The van der Waals surface area contributed by atoms with Gasteiger partial charge in [-0.25, -0.2) is 28.6 Å². The number of esters is 1. The van der Waals surface area contributed by atoms with E-state index in [1.54, 1.807) is 38.1 Å². The zero-order valence-corrected chi connectivity index (χ0v) is 25.8. The van der Waals surface area contributed by atoms with Gasteiger partial charge in [-0.15, -0.1) is 11.3 Å². The van der Waals surface area contributed by atoms with Crippen LogP contribution in [0.5, 0.6) is 0 Å². The minimum Gasteiger partial charge on any atom is -0.462 e. The predicted octanol–water partition coefficient (Wildman–Crippen LogP) is 6.19. The zero-order chi connectivity index (χ0) is 31.7. The highest BCUT2D eigenvalue weighted by atomic mass is 32.1. The Morgan fingerprint density at radius 2 is 1.49 bits per heavy atom. The molecular weight excluding hydrogens is 582 g/mol. The fraction of sp³-hybridized carbons (Fsp3) is 0.367. The third kappa shape index (κ3) is 7.86. The molecule has 0 aliphatic carbocycles. The Morgan fingerprint density at radius 3 is 2.02 bits per heavy atom. The third-order valence-electron chi connectivity index (χ3n) is 6.25. The molecule has 0 fully saturated rings. The summed E-state index contributed by atoms with van der Waals surface area (Å²) in [6.07, 6.45) is -0.877. The maximum absolute atomic E-state index is 14.8. The molecule has 3 amide bonds. The Labute approximate surface area is 253 Å². The van der Waals surface area contributed by atoms with Gasteiger partial charge in [-0.05, 0) is 64.7 Å². The van der Waals surface area contributed by atoms with Crippen molar-refractivity contribution < 1.29 is 37.5 Å². The number of rotatable bonds is 12. The molecule has 0 unspecified atom stereocenters. The number of hydrogen-bond acceptors (Lipinski definition) is 8. The van der Waals surface area contributed by atoms with Crippen molar-refractivity contribution in [2.75, 3.05) is 50.8 Å². The van der Waals surface area contributed by atoms with E-state index in [1.165, 1.54) is 18.1 Å². The molecule has 1 N–H and O–H groups in total. The van der Waals surface area contributed by atoms with Crippen LogP contribution in [0.3, 0.4) is 0 Å². The maximum Gasteiger partial charge on any atom is 0.415 e. The van der Waals surface area contributed by atoms with E-state index in [-0.39, 0.29) is 35.9 Å². The van der Waals surface area contributed by atoms with E-state index in [4.69, 9.17) is 14.3 Å². The second kappa shape index (κ2) is 15.4. The summed E-state index contributed by atoms with van der Waals surface area (Å²) < 4.78 is 40.2. The largest absolute Gasteiger partial charge is 0.462 e. The number of urea groups is 1. The topological polar surface area (TPSA) is 101 Å². The van der Waals surface area contributed by atoms with Crippen molar-refractivity contribution >= 4 is 40.1 Å². The zero-order valence-electron chi connectivity index (χ0n) is 25.0. The van der Waals surface area contributed by atoms with Gasteiger partial charge < -0.3 is 14.4 Å².